The van der Waals surface area contributed by atoms with Gasteiger partial charge in [0.25, 0.3) is 0 Å². The topological polar surface area (TPSA) is 52.0 Å². The van der Waals surface area contributed by atoms with Gasteiger partial charge in [0.1, 0.15) is 0 Å². The zero-order valence-corrected chi connectivity index (χ0v) is 10.9. The summed E-state index contributed by atoms with van der Waals surface area (Å²) in [6.07, 6.45) is 0. The molecule has 0 spiro atoms. The van der Waals surface area contributed by atoms with Crippen molar-refractivity contribution in [3.63, 3.8) is 0 Å². The van der Waals surface area contributed by atoms with E-state index in [0.29, 0.717) is 13.1 Å². The molecule has 90 valence electrons. The molecule has 0 amide bonds. The molecule has 0 atom stereocenters. The predicted octanol–water partition coefficient (Wildman–Crippen LogP) is 2.16. The second-order valence-corrected chi connectivity index (χ2v) is 5.76. The summed E-state index contributed by atoms with van der Waals surface area (Å²) in [4.78, 5) is 0. The first-order valence-electron chi connectivity index (χ1n) is 5.84. The summed E-state index contributed by atoms with van der Waals surface area (Å²) in [5.74, 6) is 0. The summed E-state index contributed by atoms with van der Waals surface area (Å²) in [7, 11) is 0. The minimum atomic E-state index is 0.0285. The number of benzene rings is 1. The number of nitrogens with two attached hydrogens (primary N) is 2. The minimum Gasteiger partial charge on any atom is -0.330 e. The highest BCUT2D eigenvalue weighted by atomic mass is 14.6. The summed E-state index contributed by atoms with van der Waals surface area (Å²) < 4.78 is 0. The van der Waals surface area contributed by atoms with E-state index >= 15 is 0 Å². The van der Waals surface area contributed by atoms with Crippen molar-refractivity contribution in [2.45, 2.75) is 38.5 Å². The van der Waals surface area contributed by atoms with Crippen LogP contribution in [0.5, 0.6) is 0 Å². The van der Waals surface area contributed by atoms with E-state index in [1.165, 1.54) is 11.1 Å². The molecule has 0 heterocycles. The van der Waals surface area contributed by atoms with Gasteiger partial charge >= 0.3 is 0 Å². The Morgan fingerprint density at radius 2 is 1.25 bits per heavy atom. The van der Waals surface area contributed by atoms with Gasteiger partial charge in [-0.3, -0.25) is 0 Å². The lowest BCUT2D eigenvalue weighted by atomic mass is 9.79. The van der Waals surface area contributed by atoms with E-state index in [9.17, 15) is 0 Å². The smallest absolute Gasteiger partial charge is 0.00191 e. The summed E-state index contributed by atoms with van der Waals surface area (Å²) in [5, 5.41) is 0. The van der Waals surface area contributed by atoms with Crippen LogP contribution in [0.2, 0.25) is 0 Å². The van der Waals surface area contributed by atoms with Crippen LogP contribution in [-0.4, -0.2) is 13.1 Å². The van der Waals surface area contributed by atoms with E-state index in [2.05, 4.69) is 52.0 Å². The van der Waals surface area contributed by atoms with Crippen molar-refractivity contribution in [1.29, 1.82) is 0 Å². The Kier molecular flexibility index (Phi) is 3.76. The number of hydrogen-bond acceptors (Lipinski definition) is 2. The van der Waals surface area contributed by atoms with Crippen LogP contribution in [0, 0.1) is 0 Å². The van der Waals surface area contributed by atoms with Gasteiger partial charge in [-0.1, -0.05) is 52.0 Å². The molecule has 0 aromatic heterocycles. The molecule has 1 aromatic carbocycles. The third-order valence-electron chi connectivity index (χ3n) is 3.45. The third-order valence-corrected chi connectivity index (χ3v) is 3.45. The van der Waals surface area contributed by atoms with E-state index in [1.807, 2.05) is 0 Å². The average Bonchev–Trinajstić information content (AvgIpc) is 2.29. The van der Waals surface area contributed by atoms with Crippen molar-refractivity contribution in [1.82, 2.24) is 0 Å². The molecule has 1 rings (SSSR count). The largest absolute Gasteiger partial charge is 0.330 e. The second-order valence-electron chi connectivity index (χ2n) is 5.76. The molecule has 0 unspecified atom stereocenters. The molecule has 0 fully saturated rings. The summed E-state index contributed by atoms with van der Waals surface area (Å²) in [5.41, 5.74) is 14.2. The highest BCUT2D eigenvalue weighted by Crippen LogP contribution is 2.28. The second kappa shape index (κ2) is 4.56. The van der Waals surface area contributed by atoms with Gasteiger partial charge in [-0.2, -0.15) is 0 Å². The van der Waals surface area contributed by atoms with Gasteiger partial charge < -0.3 is 11.5 Å². The van der Waals surface area contributed by atoms with Crippen LogP contribution in [0.25, 0.3) is 0 Å². The van der Waals surface area contributed by atoms with E-state index in [1.54, 1.807) is 0 Å². The minimum absolute atomic E-state index is 0.0285. The van der Waals surface area contributed by atoms with E-state index in [4.69, 9.17) is 11.5 Å². The maximum Gasteiger partial charge on any atom is 0.00191 e. The Morgan fingerprint density at radius 1 is 0.875 bits per heavy atom. The van der Waals surface area contributed by atoms with Gasteiger partial charge in [0.05, 0.1) is 0 Å². The SMILES string of the molecule is CC(C)(CN)c1cccc(C(C)(C)CN)c1. The highest BCUT2D eigenvalue weighted by Gasteiger charge is 2.23. The number of hydrogen-bond donors (Lipinski definition) is 2. The van der Waals surface area contributed by atoms with Crippen molar-refractivity contribution in [3.8, 4) is 0 Å². The van der Waals surface area contributed by atoms with E-state index in [0.717, 1.165) is 0 Å². The molecule has 1 aromatic rings. The van der Waals surface area contributed by atoms with Crippen molar-refractivity contribution in [2.24, 2.45) is 11.5 Å². The first-order valence-corrected chi connectivity index (χ1v) is 5.84. The van der Waals surface area contributed by atoms with Crippen LogP contribution >= 0.6 is 0 Å². The van der Waals surface area contributed by atoms with Gasteiger partial charge in [-0.15, -0.1) is 0 Å². The Morgan fingerprint density at radius 3 is 1.56 bits per heavy atom. The summed E-state index contributed by atoms with van der Waals surface area (Å²) >= 11 is 0. The first-order chi connectivity index (χ1) is 7.33. The van der Waals surface area contributed by atoms with Crippen molar-refractivity contribution in [2.75, 3.05) is 13.1 Å². The normalized spacial score (nSPS) is 12.9. The fourth-order valence-corrected chi connectivity index (χ4v) is 1.60. The van der Waals surface area contributed by atoms with Crippen molar-refractivity contribution in [3.05, 3.63) is 35.4 Å². The van der Waals surface area contributed by atoms with Crippen molar-refractivity contribution >= 4 is 0 Å². The molecule has 0 saturated heterocycles. The highest BCUT2D eigenvalue weighted by molar-refractivity contribution is 5.33. The standard InChI is InChI=1S/C14H24N2/c1-13(2,9-15)11-6-5-7-12(8-11)14(3,4)10-16/h5-8H,9-10,15-16H2,1-4H3. The fourth-order valence-electron chi connectivity index (χ4n) is 1.60. The molecule has 0 radical (unpaired) electrons. The Labute approximate surface area is 99.0 Å². The number of rotatable bonds is 4. The van der Waals surface area contributed by atoms with Crippen LogP contribution in [0.3, 0.4) is 0 Å². The molecule has 0 saturated carbocycles. The van der Waals surface area contributed by atoms with Gasteiger partial charge in [0, 0.05) is 23.9 Å². The Hall–Kier alpha value is -0.860. The maximum absolute atomic E-state index is 5.81. The van der Waals surface area contributed by atoms with Crippen LogP contribution in [-0.2, 0) is 10.8 Å². The molecule has 0 aliphatic rings. The quantitative estimate of drug-likeness (QED) is 0.817. The Balaban J connectivity index is 3.14. The molecule has 4 N–H and O–H groups in total. The third kappa shape index (κ3) is 2.63. The van der Waals surface area contributed by atoms with Crippen molar-refractivity contribution < 1.29 is 0 Å². The van der Waals surface area contributed by atoms with Gasteiger partial charge in [-0.25, -0.2) is 0 Å². The van der Waals surface area contributed by atoms with Crippen LogP contribution in [0.4, 0.5) is 0 Å². The fraction of sp³-hybridized carbons (Fsp3) is 0.571. The molecule has 16 heavy (non-hydrogen) atoms. The first kappa shape index (κ1) is 13.2. The zero-order valence-electron chi connectivity index (χ0n) is 10.9. The molecular formula is C14H24N2. The summed E-state index contributed by atoms with van der Waals surface area (Å²) in [6.45, 7) is 9.98. The average molecular weight is 220 g/mol. The van der Waals surface area contributed by atoms with E-state index in [-0.39, 0.29) is 10.8 Å². The molecular weight excluding hydrogens is 196 g/mol. The van der Waals surface area contributed by atoms with Crippen LogP contribution < -0.4 is 11.5 Å². The predicted molar refractivity (Wildman–Crippen MR) is 70.6 cm³/mol. The van der Waals surface area contributed by atoms with Gasteiger partial charge in [-0.05, 0) is 11.1 Å². The maximum atomic E-state index is 5.81. The van der Waals surface area contributed by atoms with Crippen LogP contribution in [0.1, 0.15) is 38.8 Å². The van der Waals surface area contributed by atoms with Gasteiger partial charge in [0.2, 0.25) is 0 Å². The lowest BCUT2D eigenvalue weighted by Crippen LogP contribution is -2.31. The summed E-state index contributed by atoms with van der Waals surface area (Å²) in [6, 6.07) is 8.62. The lowest BCUT2D eigenvalue weighted by molar-refractivity contribution is 0.520. The Bertz CT molecular complexity index is 322. The molecule has 0 aliphatic heterocycles. The molecule has 0 bridgehead atoms. The zero-order chi connectivity index (χ0) is 12.4. The monoisotopic (exact) mass is 220 g/mol. The van der Waals surface area contributed by atoms with E-state index < -0.39 is 0 Å². The molecule has 2 heteroatoms. The van der Waals surface area contributed by atoms with Crippen LogP contribution in [0.15, 0.2) is 24.3 Å². The lowest BCUT2D eigenvalue weighted by Gasteiger charge is -2.28. The van der Waals surface area contributed by atoms with Gasteiger partial charge in [0.15, 0.2) is 0 Å². The molecule has 2 nitrogen and oxygen atoms in total. The molecule has 0 aliphatic carbocycles.